The van der Waals surface area contributed by atoms with Gasteiger partial charge in [-0.1, -0.05) is 17.7 Å². The molecule has 20 heavy (non-hydrogen) atoms. The van der Waals surface area contributed by atoms with Gasteiger partial charge in [0.1, 0.15) is 0 Å². The van der Waals surface area contributed by atoms with Crippen LogP contribution in [-0.2, 0) is 9.59 Å². The standard InChI is InChI=1S/C15H21N3O2/c1-11-2-4-12(5-3-11)18-15(20)10-16-9-8-14(19)17-13-6-7-13/h2-5,13,16H,6-10H2,1H3,(H,17,19)(H,18,20). The first-order valence-electron chi connectivity index (χ1n) is 7.00. The second-order valence-corrected chi connectivity index (χ2v) is 5.18. The summed E-state index contributed by atoms with van der Waals surface area (Å²) in [4.78, 5) is 23.1. The Labute approximate surface area is 119 Å². The van der Waals surface area contributed by atoms with E-state index in [1.807, 2.05) is 31.2 Å². The molecule has 0 spiro atoms. The summed E-state index contributed by atoms with van der Waals surface area (Å²) < 4.78 is 0. The van der Waals surface area contributed by atoms with E-state index in [0.717, 1.165) is 24.1 Å². The van der Waals surface area contributed by atoms with Gasteiger partial charge < -0.3 is 16.0 Å². The van der Waals surface area contributed by atoms with Gasteiger partial charge in [-0.2, -0.15) is 0 Å². The Bertz CT molecular complexity index is 467. The third-order valence-corrected chi connectivity index (χ3v) is 3.09. The van der Waals surface area contributed by atoms with E-state index in [9.17, 15) is 9.59 Å². The minimum absolute atomic E-state index is 0.0546. The van der Waals surface area contributed by atoms with Crippen LogP contribution in [0.15, 0.2) is 24.3 Å². The summed E-state index contributed by atoms with van der Waals surface area (Å²) in [7, 11) is 0. The van der Waals surface area contributed by atoms with Crippen molar-refractivity contribution in [1.82, 2.24) is 10.6 Å². The molecular formula is C15H21N3O2. The predicted molar refractivity (Wildman–Crippen MR) is 78.5 cm³/mol. The van der Waals surface area contributed by atoms with Crippen LogP contribution in [0.3, 0.4) is 0 Å². The van der Waals surface area contributed by atoms with E-state index in [2.05, 4.69) is 16.0 Å². The van der Waals surface area contributed by atoms with Gasteiger partial charge in [0, 0.05) is 24.7 Å². The highest BCUT2D eigenvalue weighted by Crippen LogP contribution is 2.18. The molecule has 0 aromatic heterocycles. The van der Waals surface area contributed by atoms with E-state index in [1.54, 1.807) is 0 Å². The van der Waals surface area contributed by atoms with Gasteiger partial charge in [-0.15, -0.1) is 0 Å². The average Bonchev–Trinajstić information content (AvgIpc) is 3.21. The molecule has 2 amide bonds. The first-order chi connectivity index (χ1) is 9.63. The van der Waals surface area contributed by atoms with E-state index >= 15 is 0 Å². The molecule has 5 nitrogen and oxygen atoms in total. The molecule has 0 heterocycles. The van der Waals surface area contributed by atoms with Gasteiger partial charge in [0.15, 0.2) is 0 Å². The molecule has 1 aliphatic carbocycles. The van der Waals surface area contributed by atoms with Crippen LogP contribution in [0.4, 0.5) is 5.69 Å². The lowest BCUT2D eigenvalue weighted by atomic mass is 10.2. The third kappa shape index (κ3) is 5.40. The van der Waals surface area contributed by atoms with Gasteiger partial charge in [0.2, 0.25) is 11.8 Å². The van der Waals surface area contributed by atoms with Crippen molar-refractivity contribution in [2.24, 2.45) is 0 Å². The summed E-state index contributed by atoms with van der Waals surface area (Å²) in [6.07, 6.45) is 2.60. The number of nitrogens with one attached hydrogen (secondary N) is 3. The molecule has 1 aromatic rings. The zero-order valence-corrected chi connectivity index (χ0v) is 11.7. The Hall–Kier alpha value is -1.88. The van der Waals surface area contributed by atoms with Crippen molar-refractivity contribution < 1.29 is 9.59 Å². The van der Waals surface area contributed by atoms with Crippen molar-refractivity contribution in [3.05, 3.63) is 29.8 Å². The predicted octanol–water partition coefficient (Wildman–Crippen LogP) is 1.19. The first-order valence-corrected chi connectivity index (χ1v) is 7.00. The number of anilines is 1. The lowest BCUT2D eigenvalue weighted by Gasteiger charge is -2.07. The second-order valence-electron chi connectivity index (χ2n) is 5.18. The fraction of sp³-hybridized carbons (Fsp3) is 0.467. The van der Waals surface area contributed by atoms with E-state index in [-0.39, 0.29) is 18.4 Å². The van der Waals surface area contributed by atoms with Gasteiger partial charge in [0.05, 0.1) is 6.54 Å². The molecule has 0 radical (unpaired) electrons. The maximum Gasteiger partial charge on any atom is 0.238 e. The fourth-order valence-corrected chi connectivity index (χ4v) is 1.77. The molecule has 5 heteroatoms. The number of hydrogen-bond acceptors (Lipinski definition) is 3. The van der Waals surface area contributed by atoms with Crippen LogP contribution in [0, 0.1) is 6.92 Å². The molecule has 0 atom stereocenters. The second kappa shape index (κ2) is 7.05. The molecule has 2 rings (SSSR count). The largest absolute Gasteiger partial charge is 0.353 e. The van der Waals surface area contributed by atoms with Gasteiger partial charge in [-0.3, -0.25) is 9.59 Å². The normalized spacial score (nSPS) is 13.8. The lowest BCUT2D eigenvalue weighted by molar-refractivity contribution is -0.121. The van der Waals surface area contributed by atoms with Crippen LogP contribution >= 0.6 is 0 Å². The fourth-order valence-electron chi connectivity index (χ4n) is 1.77. The summed E-state index contributed by atoms with van der Waals surface area (Å²) in [5.74, 6) is -0.0459. The Morgan fingerprint density at radius 2 is 1.85 bits per heavy atom. The smallest absolute Gasteiger partial charge is 0.238 e. The molecular weight excluding hydrogens is 254 g/mol. The van der Waals surface area contributed by atoms with Gasteiger partial charge >= 0.3 is 0 Å². The number of hydrogen-bond donors (Lipinski definition) is 3. The third-order valence-electron chi connectivity index (χ3n) is 3.09. The molecule has 1 saturated carbocycles. The lowest BCUT2D eigenvalue weighted by Crippen LogP contribution is -2.32. The molecule has 0 saturated heterocycles. The van der Waals surface area contributed by atoms with Crippen molar-refractivity contribution in [2.45, 2.75) is 32.2 Å². The van der Waals surface area contributed by atoms with Crippen LogP contribution in [0.1, 0.15) is 24.8 Å². The summed E-state index contributed by atoms with van der Waals surface area (Å²) in [6, 6.07) is 8.04. The molecule has 0 unspecified atom stereocenters. The van der Waals surface area contributed by atoms with E-state index in [4.69, 9.17) is 0 Å². The van der Waals surface area contributed by atoms with Crippen LogP contribution < -0.4 is 16.0 Å². The van der Waals surface area contributed by atoms with Crippen molar-refractivity contribution in [3.8, 4) is 0 Å². The minimum Gasteiger partial charge on any atom is -0.353 e. The summed E-state index contributed by atoms with van der Waals surface area (Å²) in [6.45, 7) is 2.73. The van der Waals surface area contributed by atoms with Crippen molar-refractivity contribution in [1.29, 1.82) is 0 Å². The SMILES string of the molecule is Cc1ccc(NC(=O)CNCCC(=O)NC2CC2)cc1. The number of aryl methyl sites for hydroxylation is 1. The van der Waals surface area contributed by atoms with Crippen molar-refractivity contribution >= 4 is 17.5 Å². The zero-order valence-electron chi connectivity index (χ0n) is 11.7. The first kappa shape index (κ1) is 14.5. The Morgan fingerprint density at radius 3 is 2.50 bits per heavy atom. The van der Waals surface area contributed by atoms with E-state index in [0.29, 0.717) is 19.0 Å². The molecule has 1 fully saturated rings. The number of benzene rings is 1. The van der Waals surface area contributed by atoms with E-state index < -0.39 is 0 Å². The number of amides is 2. The van der Waals surface area contributed by atoms with Crippen LogP contribution in [0.5, 0.6) is 0 Å². The summed E-state index contributed by atoms with van der Waals surface area (Å²) >= 11 is 0. The average molecular weight is 275 g/mol. The highest BCUT2D eigenvalue weighted by molar-refractivity contribution is 5.92. The zero-order chi connectivity index (χ0) is 14.4. The Balaban J connectivity index is 1.57. The van der Waals surface area contributed by atoms with Gasteiger partial charge in [-0.25, -0.2) is 0 Å². The van der Waals surface area contributed by atoms with Crippen LogP contribution in [0.2, 0.25) is 0 Å². The quantitative estimate of drug-likeness (QED) is 0.655. The van der Waals surface area contributed by atoms with Crippen LogP contribution in [-0.4, -0.2) is 30.9 Å². The molecule has 1 aromatic carbocycles. The highest BCUT2D eigenvalue weighted by atomic mass is 16.2. The minimum atomic E-state index is -0.101. The number of rotatable bonds is 7. The number of carbonyl (C=O) groups excluding carboxylic acids is 2. The number of carbonyl (C=O) groups is 2. The maximum absolute atomic E-state index is 11.7. The molecule has 0 aliphatic heterocycles. The summed E-state index contributed by atoms with van der Waals surface area (Å²) in [5.41, 5.74) is 1.94. The molecule has 1 aliphatic rings. The Kier molecular flexibility index (Phi) is 5.12. The summed E-state index contributed by atoms with van der Waals surface area (Å²) in [5, 5.41) is 8.67. The monoisotopic (exact) mass is 275 g/mol. The Morgan fingerprint density at radius 1 is 1.15 bits per heavy atom. The van der Waals surface area contributed by atoms with Gasteiger partial charge in [0.25, 0.3) is 0 Å². The van der Waals surface area contributed by atoms with Gasteiger partial charge in [-0.05, 0) is 31.9 Å². The topological polar surface area (TPSA) is 70.2 Å². The molecule has 0 bridgehead atoms. The van der Waals surface area contributed by atoms with Crippen molar-refractivity contribution in [2.75, 3.05) is 18.4 Å². The highest BCUT2D eigenvalue weighted by Gasteiger charge is 2.22. The van der Waals surface area contributed by atoms with E-state index in [1.165, 1.54) is 0 Å². The maximum atomic E-state index is 11.7. The van der Waals surface area contributed by atoms with Crippen molar-refractivity contribution in [3.63, 3.8) is 0 Å². The molecule has 108 valence electrons. The molecule has 3 N–H and O–H groups in total. The van der Waals surface area contributed by atoms with Crippen LogP contribution in [0.25, 0.3) is 0 Å².